The first-order valence-electron chi connectivity index (χ1n) is 10.9. The summed E-state index contributed by atoms with van der Waals surface area (Å²) in [5.41, 5.74) is 5.19. The fraction of sp³-hybridized carbons (Fsp3) is 0.375. The molecule has 1 aliphatic carbocycles. The summed E-state index contributed by atoms with van der Waals surface area (Å²) in [6.07, 6.45) is 6.19. The summed E-state index contributed by atoms with van der Waals surface area (Å²) >= 11 is 1.63. The van der Waals surface area contributed by atoms with E-state index >= 15 is 0 Å². The van der Waals surface area contributed by atoms with E-state index in [2.05, 4.69) is 20.6 Å². The van der Waals surface area contributed by atoms with Crippen molar-refractivity contribution in [2.45, 2.75) is 56.2 Å². The molecule has 5 rings (SSSR count). The maximum atomic E-state index is 13.4. The monoisotopic (exact) mass is 452 g/mol. The predicted molar refractivity (Wildman–Crippen MR) is 121 cm³/mol. The standard InChI is InChI=1S/C24H25FN4O2S/c25-16-10-15(11-26-12-16)23(30)20-7-5-18(28-20)9-14-1-3-17(4-2-14)29-24(31)19-6-8-21-22(19)27-13-32-21/h1-4,10-13,18-20,23,28,30H,5-9H2,(H,29,31)/t18-,19?,20+,23+/m0/s1. The van der Waals surface area contributed by atoms with E-state index in [1.54, 1.807) is 11.3 Å². The summed E-state index contributed by atoms with van der Waals surface area (Å²) in [6, 6.07) is 9.37. The van der Waals surface area contributed by atoms with Gasteiger partial charge in [0, 0.05) is 34.4 Å². The number of nitrogens with zero attached hydrogens (tertiary/aromatic N) is 2. The zero-order valence-corrected chi connectivity index (χ0v) is 18.3. The van der Waals surface area contributed by atoms with E-state index in [0.29, 0.717) is 5.56 Å². The van der Waals surface area contributed by atoms with Crippen LogP contribution in [0.4, 0.5) is 10.1 Å². The van der Waals surface area contributed by atoms with Gasteiger partial charge in [-0.15, -0.1) is 11.3 Å². The number of rotatable bonds is 6. The Hall–Kier alpha value is -2.68. The van der Waals surface area contributed by atoms with Gasteiger partial charge in [0.15, 0.2) is 0 Å². The molecule has 0 spiro atoms. The molecule has 0 radical (unpaired) electrons. The number of nitrogens with one attached hydrogen (secondary N) is 2. The highest BCUT2D eigenvalue weighted by Crippen LogP contribution is 2.35. The molecule has 3 aromatic rings. The van der Waals surface area contributed by atoms with Crippen molar-refractivity contribution in [2.75, 3.05) is 5.32 Å². The van der Waals surface area contributed by atoms with Crippen molar-refractivity contribution in [3.63, 3.8) is 0 Å². The van der Waals surface area contributed by atoms with Crippen molar-refractivity contribution in [2.24, 2.45) is 0 Å². The van der Waals surface area contributed by atoms with Crippen molar-refractivity contribution in [1.29, 1.82) is 0 Å². The van der Waals surface area contributed by atoms with Gasteiger partial charge in [0.2, 0.25) is 5.91 Å². The second-order valence-electron chi connectivity index (χ2n) is 8.57. The molecule has 6 nitrogen and oxygen atoms in total. The van der Waals surface area contributed by atoms with Gasteiger partial charge in [0.1, 0.15) is 5.82 Å². The number of halogens is 1. The van der Waals surface area contributed by atoms with Crippen molar-refractivity contribution in [3.05, 3.63) is 75.8 Å². The highest BCUT2D eigenvalue weighted by molar-refractivity contribution is 7.09. The van der Waals surface area contributed by atoms with E-state index < -0.39 is 11.9 Å². The van der Waals surface area contributed by atoms with Crippen LogP contribution in [0.3, 0.4) is 0 Å². The summed E-state index contributed by atoms with van der Waals surface area (Å²) < 4.78 is 13.4. The van der Waals surface area contributed by atoms with Crippen LogP contribution in [0.1, 0.15) is 53.0 Å². The lowest BCUT2D eigenvalue weighted by Crippen LogP contribution is -2.35. The van der Waals surface area contributed by atoms with E-state index in [-0.39, 0.29) is 23.9 Å². The number of hydrogen-bond acceptors (Lipinski definition) is 6. The Balaban J connectivity index is 1.15. The number of thiazole rings is 1. The van der Waals surface area contributed by atoms with Crippen molar-refractivity contribution >= 4 is 22.9 Å². The van der Waals surface area contributed by atoms with E-state index in [9.17, 15) is 14.3 Å². The van der Waals surface area contributed by atoms with Gasteiger partial charge in [-0.05, 0) is 55.9 Å². The smallest absolute Gasteiger partial charge is 0.233 e. The number of carbonyl (C=O) groups is 1. The van der Waals surface area contributed by atoms with E-state index in [1.807, 2.05) is 29.8 Å². The maximum Gasteiger partial charge on any atom is 0.233 e. The first-order valence-corrected chi connectivity index (χ1v) is 11.8. The van der Waals surface area contributed by atoms with E-state index in [4.69, 9.17) is 0 Å². The molecular formula is C24H25FN4O2S. The van der Waals surface area contributed by atoms with Crippen molar-refractivity contribution in [1.82, 2.24) is 15.3 Å². The molecule has 8 heteroatoms. The molecule has 166 valence electrons. The molecule has 1 aliphatic heterocycles. The Morgan fingerprint density at radius 2 is 2.09 bits per heavy atom. The first-order chi connectivity index (χ1) is 15.6. The van der Waals surface area contributed by atoms with Crippen LogP contribution < -0.4 is 10.6 Å². The van der Waals surface area contributed by atoms with Gasteiger partial charge in [0.05, 0.1) is 29.4 Å². The number of aliphatic hydroxyl groups excluding tert-OH is 1. The molecule has 1 fully saturated rings. The number of hydrogen-bond donors (Lipinski definition) is 3. The largest absolute Gasteiger partial charge is 0.387 e. The summed E-state index contributed by atoms with van der Waals surface area (Å²) in [5, 5.41) is 17.1. The highest BCUT2D eigenvalue weighted by Gasteiger charge is 2.32. The van der Waals surface area contributed by atoms with Crippen LogP contribution >= 0.6 is 11.3 Å². The minimum absolute atomic E-state index is 0.00327. The predicted octanol–water partition coefficient (Wildman–Crippen LogP) is 3.74. The van der Waals surface area contributed by atoms with Crippen LogP contribution in [-0.4, -0.2) is 33.1 Å². The van der Waals surface area contributed by atoms with Crippen LogP contribution in [0.25, 0.3) is 0 Å². The van der Waals surface area contributed by atoms with Crippen LogP contribution in [-0.2, 0) is 17.6 Å². The van der Waals surface area contributed by atoms with Gasteiger partial charge in [-0.3, -0.25) is 9.78 Å². The minimum Gasteiger partial charge on any atom is -0.387 e. The molecule has 3 heterocycles. The number of aliphatic hydroxyl groups is 1. The molecule has 1 aromatic carbocycles. The molecule has 4 atom stereocenters. The second kappa shape index (κ2) is 9.05. The number of aromatic nitrogens is 2. The summed E-state index contributed by atoms with van der Waals surface area (Å²) in [5.74, 6) is -0.595. The van der Waals surface area contributed by atoms with Gasteiger partial charge in [-0.1, -0.05) is 12.1 Å². The quantitative estimate of drug-likeness (QED) is 0.530. The third kappa shape index (κ3) is 4.44. The molecule has 32 heavy (non-hydrogen) atoms. The Kier molecular flexibility index (Phi) is 5.99. The third-order valence-electron chi connectivity index (χ3n) is 6.41. The molecule has 3 N–H and O–H groups in total. The Labute approximate surface area is 189 Å². The topological polar surface area (TPSA) is 87.1 Å². The van der Waals surface area contributed by atoms with Gasteiger partial charge in [0.25, 0.3) is 0 Å². The minimum atomic E-state index is -0.783. The Morgan fingerprint density at radius 3 is 2.91 bits per heavy atom. The third-order valence-corrected chi connectivity index (χ3v) is 7.32. The van der Waals surface area contributed by atoms with Crippen molar-refractivity contribution in [3.8, 4) is 0 Å². The molecule has 1 unspecified atom stereocenters. The second-order valence-corrected chi connectivity index (χ2v) is 9.51. The summed E-state index contributed by atoms with van der Waals surface area (Å²) in [6.45, 7) is 0. The fourth-order valence-electron chi connectivity index (χ4n) is 4.74. The number of anilines is 1. The zero-order valence-electron chi connectivity index (χ0n) is 17.5. The normalized spacial score (nSPS) is 23.1. The molecule has 0 bridgehead atoms. The van der Waals surface area contributed by atoms with Gasteiger partial charge < -0.3 is 15.7 Å². The first kappa shape index (κ1) is 21.2. The summed E-state index contributed by atoms with van der Waals surface area (Å²) in [4.78, 5) is 22.1. The lowest BCUT2D eigenvalue weighted by Gasteiger charge is -2.20. The molecule has 2 aliphatic rings. The van der Waals surface area contributed by atoms with E-state index in [1.165, 1.54) is 17.1 Å². The summed E-state index contributed by atoms with van der Waals surface area (Å²) in [7, 11) is 0. The number of benzene rings is 1. The van der Waals surface area contributed by atoms with E-state index in [0.717, 1.165) is 55.2 Å². The number of carbonyl (C=O) groups excluding carboxylic acids is 1. The number of aryl methyl sites for hydroxylation is 1. The van der Waals surface area contributed by atoms with Gasteiger partial charge in [-0.25, -0.2) is 9.37 Å². The molecule has 0 saturated carbocycles. The number of fused-ring (bicyclic) bond motifs is 1. The van der Waals surface area contributed by atoms with Crippen LogP contribution in [0, 0.1) is 5.82 Å². The number of pyridine rings is 1. The highest BCUT2D eigenvalue weighted by atomic mass is 32.1. The average Bonchev–Trinajstić information content (AvgIpc) is 3.52. The van der Waals surface area contributed by atoms with Gasteiger partial charge >= 0.3 is 0 Å². The number of amides is 1. The average molecular weight is 453 g/mol. The van der Waals surface area contributed by atoms with Crippen LogP contribution in [0.5, 0.6) is 0 Å². The fourth-order valence-corrected chi connectivity index (χ4v) is 5.58. The lowest BCUT2D eigenvalue weighted by atomic mass is 10.0. The molecule has 1 saturated heterocycles. The van der Waals surface area contributed by atoms with Crippen LogP contribution in [0.2, 0.25) is 0 Å². The molecular weight excluding hydrogens is 427 g/mol. The molecule has 1 amide bonds. The Morgan fingerprint density at radius 1 is 1.25 bits per heavy atom. The zero-order chi connectivity index (χ0) is 22.1. The Bertz CT molecular complexity index is 1100. The van der Waals surface area contributed by atoms with Crippen LogP contribution in [0.15, 0.2) is 48.2 Å². The SMILES string of the molecule is O=C(Nc1ccc(C[C@@H]2CC[C@H]([C@H](O)c3cncc(F)c3)N2)cc1)C1CCc2scnc21. The molecule has 2 aromatic heterocycles. The maximum absolute atomic E-state index is 13.4. The van der Waals surface area contributed by atoms with Crippen molar-refractivity contribution < 1.29 is 14.3 Å². The van der Waals surface area contributed by atoms with Gasteiger partial charge in [-0.2, -0.15) is 0 Å². The lowest BCUT2D eigenvalue weighted by molar-refractivity contribution is -0.117.